The average molecular weight is 434 g/mol. The molecule has 1 aliphatic heterocycles. The fraction of sp³-hybridized carbons (Fsp3) is 0.0741. The molecule has 1 aliphatic rings. The van der Waals surface area contributed by atoms with Gasteiger partial charge in [-0.2, -0.15) is 0 Å². The molecule has 0 radical (unpaired) electrons. The van der Waals surface area contributed by atoms with Crippen LogP contribution in [-0.2, 0) is 11.2 Å². The SMILES string of the molecule is O=C(/C=C/c1ccccc1)Nc1ccc(-c2cc(-c3cc4c([nH]3)CCNC4=O)ccn2)cc1. The largest absolute Gasteiger partial charge is 0.358 e. The highest BCUT2D eigenvalue weighted by atomic mass is 16.2. The second-order valence-corrected chi connectivity index (χ2v) is 7.82. The van der Waals surface area contributed by atoms with Gasteiger partial charge >= 0.3 is 0 Å². The zero-order chi connectivity index (χ0) is 22.6. The highest BCUT2D eigenvalue weighted by Gasteiger charge is 2.20. The van der Waals surface area contributed by atoms with E-state index in [-0.39, 0.29) is 11.8 Å². The van der Waals surface area contributed by atoms with Crippen LogP contribution in [-0.4, -0.2) is 28.3 Å². The third-order valence-corrected chi connectivity index (χ3v) is 5.55. The maximum Gasteiger partial charge on any atom is 0.253 e. The minimum absolute atomic E-state index is 0.0377. The van der Waals surface area contributed by atoms with Gasteiger partial charge in [-0.25, -0.2) is 0 Å². The minimum atomic E-state index is -0.188. The van der Waals surface area contributed by atoms with Gasteiger partial charge in [-0.3, -0.25) is 14.6 Å². The molecule has 0 bridgehead atoms. The second kappa shape index (κ2) is 8.96. The molecule has 0 unspecified atom stereocenters. The predicted octanol–water partition coefficient (Wildman–Crippen LogP) is 4.68. The van der Waals surface area contributed by atoms with E-state index in [4.69, 9.17) is 0 Å². The monoisotopic (exact) mass is 434 g/mol. The summed E-state index contributed by atoms with van der Waals surface area (Å²) in [6.07, 6.45) is 5.85. The van der Waals surface area contributed by atoms with E-state index in [9.17, 15) is 9.59 Å². The lowest BCUT2D eigenvalue weighted by Crippen LogP contribution is -2.31. The molecule has 0 fully saturated rings. The lowest BCUT2D eigenvalue weighted by molar-refractivity contribution is -0.111. The lowest BCUT2D eigenvalue weighted by Gasteiger charge is -2.11. The first kappa shape index (κ1) is 20.5. The summed E-state index contributed by atoms with van der Waals surface area (Å²) in [6.45, 7) is 0.651. The topological polar surface area (TPSA) is 86.9 Å². The Hall–Kier alpha value is -4.45. The molecule has 6 nitrogen and oxygen atoms in total. The van der Waals surface area contributed by atoms with Crippen molar-refractivity contribution in [3.8, 4) is 22.5 Å². The second-order valence-electron chi connectivity index (χ2n) is 7.82. The van der Waals surface area contributed by atoms with Crippen LogP contribution < -0.4 is 10.6 Å². The summed E-state index contributed by atoms with van der Waals surface area (Å²) in [5, 5.41) is 5.74. The molecule has 0 aliphatic carbocycles. The molecule has 2 aromatic carbocycles. The van der Waals surface area contributed by atoms with Crippen molar-refractivity contribution >= 4 is 23.6 Å². The molecule has 2 aromatic heterocycles. The number of hydrogen-bond donors (Lipinski definition) is 3. The van der Waals surface area contributed by atoms with Crippen LogP contribution >= 0.6 is 0 Å². The average Bonchev–Trinajstić information content (AvgIpc) is 3.30. The van der Waals surface area contributed by atoms with Gasteiger partial charge in [0.05, 0.1) is 11.3 Å². The Balaban J connectivity index is 1.30. The number of aromatic amines is 1. The van der Waals surface area contributed by atoms with Crippen LogP contribution in [0, 0.1) is 0 Å². The standard InChI is InChI=1S/C27H22N4O2/c32-26(11-6-18-4-2-1-3-5-18)30-21-9-7-19(8-10-21)24-16-20(12-14-28-24)25-17-22-23(31-25)13-15-29-27(22)33/h1-12,14,16-17,31H,13,15H2,(H,29,33)(H,30,32)/b11-6+. The zero-order valence-electron chi connectivity index (χ0n) is 17.8. The van der Waals surface area contributed by atoms with Crippen LogP contribution in [0.2, 0.25) is 0 Å². The first-order chi connectivity index (χ1) is 16.2. The van der Waals surface area contributed by atoms with Gasteiger partial charge in [0, 0.05) is 53.4 Å². The van der Waals surface area contributed by atoms with Gasteiger partial charge in [0.2, 0.25) is 5.91 Å². The number of rotatable bonds is 5. The molecule has 3 heterocycles. The van der Waals surface area contributed by atoms with Gasteiger partial charge < -0.3 is 15.6 Å². The first-order valence-corrected chi connectivity index (χ1v) is 10.8. The highest BCUT2D eigenvalue weighted by molar-refractivity contribution is 6.02. The highest BCUT2D eigenvalue weighted by Crippen LogP contribution is 2.27. The summed E-state index contributed by atoms with van der Waals surface area (Å²) in [4.78, 5) is 32.1. The normalized spacial score (nSPS) is 12.9. The summed E-state index contributed by atoms with van der Waals surface area (Å²) in [5.74, 6) is -0.226. The summed E-state index contributed by atoms with van der Waals surface area (Å²) in [6, 6.07) is 23.1. The van der Waals surface area contributed by atoms with E-state index in [0.717, 1.165) is 40.2 Å². The maximum atomic E-state index is 12.2. The van der Waals surface area contributed by atoms with E-state index < -0.39 is 0 Å². The number of amides is 2. The van der Waals surface area contributed by atoms with Gasteiger partial charge in [-0.05, 0) is 42.0 Å². The fourth-order valence-corrected chi connectivity index (χ4v) is 3.85. The molecule has 0 saturated heterocycles. The van der Waals surface area contributed by atoms with Crippen molar-refractivity contribution in [2.75, 3.05) is 11.9 Å². The van der Waals surface area contributed by atoms with Gasteiger partial charge in [0.15, 0.2) is 0 Å². The van der Waals surface area contributed by atoms with E-state index in [1.807, 2.05) is 72.8 Å². The van der Waals surface area contributed by atoms with Gasteiger partial charge in [0.25, 0.3) is 5.91 Å². The molecule has 0 spiro atoms. The number of nitrogens with one attached hydrogen (secondary N) is 3. The van der Waals surface area contributed by atoms with Crippen LogP contribution in [0.1, 0.15) is 21.6 Å². The summed E-state index contributed by atoms with van der Waals surface area (Å²) < 4.78 is 0. The van der Waals surface area contributed by atoms with Gasteiger partial charge in [0.1, 0.15) is 0 Å². The number of pyridine rings is 1. The number of aromatic nitrogens is 2. The van der Waals surface area contributed by atoms with E-state index in [1.54, 1.807) is 12.3 Å². The van der Waals surface area contributed by atoms with Crippen molar-refractivity contribution in [3.63, 3.8) is 0 Å². The van der Waals surface area contributed by atoms with Crippen LogP contribution in [0.15, 0.2) is 85.1 Å². The smallest absolute Gasteiger partial charge is 0.253 e. The third kappa shape index (κ3) is 4.60. The van der Waals surface area contributed by atoms with E-state index >= 15 is 0 Å². The maximum absolute atomic E-state index is 12.2. The molecule has 4 aromatic rings. The fourth-order valence-electron chi connectivity index (χ4n) is 3.85. The summed E-state index contributed by atoms with van der Waals surface area (Å²) in [7, 11) is 0. The van der Waals surface area contributed by atoms with E-state index in [1.165, 1.54) is 6.08 Å². The van der Waals surface area contributed by atoms with E-state index in [2.05, 4.69) is 20.6 Å². The van der Waals surface area contributed by atoms with Gasteiger partial charge in [-0.1, -0.05) is 42.5 Å². The molecule has 2 amide bonds. The van der Waals surface area contributed by atoms with Crippen LogP contribution in [0.5, 0.6) is 0 Å². The van der Waals surface area contributed by atoms with Crippen molar-refractivity contribution in [2.45, 2.75) is 6.42 Å². The van der Waals surface area contributed by atoms with Crippen LogP contribution in [0.25, 0.3) is 28.6 Å². The number of anilines is 1. The molecule has 6 heteroatoms. The quantitative estimate of drug-likeness (QED) is 0.399. The number of carbonyl (C=O) groups excluding carboxylic acids is 2. The van der Waals surface area contributed by atoms with Crippen molar-refractivity contribution in [1.82, 2.24) is 15.3 Å². The molecule has 5 rings (SSSR count). The van der Waals surface area contributed by atoms with Crippen molar-refractivity contribution in [1.29, 1.82) is 0 Å². The number of nitrogens with zero attached hydrogens (tertiary/aromatic N) is 1. The molecule has 162 valence electrons. The number of fused-ring (bicyclic) bond motifs is 1. The van der Waals surface area contributed by atoms with Crippen molar-refractivity contribution in [2.24, 2.45) is 0 Å². The first-order valence-electron chi connectivity index (χ1n) is 10.8. The Kier molecular flexibility index (Phi) is 5.55. The molecule has 3 N–H and O–H groups in total. The summed E-state index contributed by atoms with van der Waals surface area (Å²) in [5.41, 5.74) is 6.96. The number of hydrogen-bond acceptors (Lipinski definition) is 3. The molecule has 33 heavy (non-hydrogen) atoms. The van der Waals surface area contributed by atoms with Crippen molar-refractivity contribution < 1.29 is 9.59 Å². The molecule has 0 atom stereocenters. The van der Waals surface area contributed by atoms with Crippen LogP contribution in [0.4, 0.5) is 5.69 Å². The Bertz CT molecular complexity index is 1340. The lowest BCUT2D eigenvalue weighted by atomic mass is 10.1. The third-order valence-electron chi connectivity index (χ3n) is 5.55. The summed E-state index contributed by atoms with van der Waals surface area (Å²) >= 11 is 0. The number of H-pyrrole nitrogens is 1. The van der Waals surface area contributed by atoms with E-state index in [0.29, 0.717) is 17.8 Å². The van der Waals surface area contributed by atoms with Gasteiger partial charge in [-0.15, -0.1) is 0 Å². The molecular formula is C27H22N4O2. The Morgan fingerprint density at radius 1 is 0.970 bits per heavy atom. The van der Waals surface area contributed by atoms with Crippen LogP contribution in [0.3, 0.4) is 0 Å². The number of carbonyl (C=O) groups is 2. The zero-order valence-corrected chi connectivity index (χ0v) is 17.8. The Morgan fingerprint density at radius 3 is 2.58 bits per heavy atom. The minimum Gasteiger partial charge on any atom is -0.358 e. The van der Waals surface area contributed by atoms with Crippen molar-refractivity contribution in [3.05, 3.63) is 102 Å². The Morgan fingerprint density at radius 2 is 1.79 bits per heavy atom. The molecule has 0 saturated carbocycles. The Labute approximate surface area is 191 Å². The molecular weight excluding hydrogens is 412 g/mol. The number of benzene rings is 2. The predicted molar refractivity (Wildman–Crippen MR) is 130 cm³/mol.